The maximum Gasteiger partial charge on any atom is 0.275 e. The minimum Gasteiger partial charge on any atom is -0.507 e. The SMILES string of the molecule is O=C(N/N=C/c1cc(I)c(OCc2ccc(Br)cc2)c(I)c1)c1ccccc1O. The van der Waals surface area contributed by atoms with Crippen LogP contribution in [0.2, 0.25) is 0 Å². The normalized spacial score (nSPS) is 10.9. The average molecular weight is 677 g/mol. The minimum absolute atomic E-state index is 0.0865. The van der Waals surface area contributed by atoms with Crippen LogP contribution in [-0.4, -0.2) is 17.2 Å². The number of ether oxygens (including phenoxy) is 1. The fraction of sp³-hybridized carbons (Fsp3) is 0.0476. The molecule has 8 heteroatoms. The number of nitrogens with one attached hydrogen (secondary N) is 1. The number of hydrogen-bond donors (Lipinski definition) is 2. The number of hydrogen-bond acceptors (Lipinski definition) is 4. The number of rotatable bonds is 6. The summed E-state index contributed by atoms with van der Waals surface area (Å²) in [6.45, 7) is 0.476. The molecule has 3 rings (SSSR count). The molecule has 0 atom stereocenters. The van der Waals surface area contributed by atoms with E-state index in [0.29, 0.717) is 6.61 Å². The third-order valence-corrected chi connectivity index (χ3v) is 5.98. The number of carbonyl (C=O) groups is 1. The fourth-order valence-corrected chi connectivity index (χ4v) is 4.81. The molecule has 0 aromatic heterocycles. The molecule has 0 fully saturated rings. The van der Waals surface area contributed by atoms with Gasteiger partial charge >= 0.3 is 0 Å². The number of aromatic hydroxyl groups is 1. The molecule has 0 radical (unpaired) electrons. The molecular formula is C21H15BrI2N2O3. The van der Waals surface area contributed by atoms with Crippen LogP contribution in [0.5, 0.6) is 11.5 Å². The lowest BCUT2D eigenvalue weighted by Crippen LogP contribution is -2.17. The Bertz CT molecular complexity index is 1030. The molecule has 0 bridgehead atoms. The van der Waals surface area contributed by atoms with Crippen LogP contribution in [0.4, 0.5) is 0 Å². The molecule has 5 nitrogen and oxygen atoms in total. The summed E-state index contributed by atoms with van der Waals surface area (Å²) < 4.78 is 8.91. The lowest BCUT2D eigenvalue weighted by atomic mass is 10.2. The molecule has 0 spiro atoms. The molecule has 0 unspecified atom stereocenters. The van der Waals surface area contributed by atoms with Gasteiger partial charge in [0.1, 0.15) is 18.1 Å². The van der Waals surface area contributed by atoms with Crippen molar-refractivity contribution in [2.45, 2.75) is 6.61 Å². The van der Waals surface area contributed by atoms with Crippen molar-refractivity contribution in [1.29, 1.82) is 0 Å². The van der Waals surface area contributed by atoms with Crippen LogP contribution in [0.1, 0.15) is 21.5 Å². The topological polar surface area (TPSA) is 70.9 Å². The molecular weight excluding hydrogens is 662 g/mol. The van der Waals surface area contributed by atoms with Gasteiger partial charge in [0.15, 0.2) is 0 Å². The van der Waals surface area contributed by atoms with E-state index in [1.807, 2.05) is 36.4 Å². The lowest BCUT2D eigenvalue weighted by molar-refractivity contribution is 0.0952. The molecule has 1 amide bonds. The molecule has 3 aromatic rings. The second kappa shape index (κ2) is 10.4. The number of benzene rings is 3. The highest BCUT2D eigenvalue weighted by Gasteiger charge is 2.10. The van der Waals surface area contributed by atoms with Crippen molar-refractivity contribution >= 4 is 73.2 Å². The van der Waals surface area contributed by atoms with E-state index in [2.05, 4.69) is 71.6 Å². The molecule has 0 aliphatic carbocycles. The summed E-state index contributed by atoms with van der Waals surface area (Å²) >= 11 is 7.86. The van der Waals surface area contributed by atoms with Crippen LogP contribution in [0, 0.1) is 7.14 Å². The molecule has 0 saturated carbocycles. The highest BCUT2D eigenvalue weighted by molar-refractivity contribution is 14.1. The van der Waals surface area contributed by atoms with Gasteiger partial charge < -0.3 is 9.84 Å². The standard InChI is InChI=1S/C21H15BrI2N2O3/c22-15-7-5-13(6-8-15)12-29-20-17(23)9-14(10-18(20)24)11-25-26-21(28)16-3-1-2-4-19(16)27/h1-11,27H,12H2,(H,26,28)/b25-11+. The van der Waals surface area contributed by atoms with E-state index >= 15 is 0 Å². The summed E-state index contributed by atoms with van der Waals surface area (Å²) in [5, 5.41) is 13.7. The maximum absolute atomic E-state index is 12.1. The Morgan fingerprint density at radius 3 is 2.41 bits per heavy atom. The van der Waals surface area contributed by atoms with Crippen LogP contribution >= 0.6 is 61.1 Å². The van der Waals surface area contributed by atoms with Crippen molar-refractivity contribution in [3.63, 3.8) is 0 Å². The summed E-state index contributed by atoms with van der Waals surface area (Å²) in [6.07, 6.45) is 1.56. The van der Waals surface area contributed by atoms with Gasteiger partial charge in [-0.15, -0.1) is 0 Å². The summed E-state index contributed by atoms with van der Waals surface area (Å²) in [5.41, 5.74) is 4.50. The first-order valence-electron chi connectivity index (χ1n) is 8.41. The summed E-state index contributed by atoms with van der Waals surface area (Å²) in [7, 11) is 0. The molecule has 148 valence electrons. The van der Waals surface area contributed by atoms with E-state index in [-0.39, 0.29) is 11.3 Å². The summed E-state index contributed by atoms with van der Waals surface area (Å²) in [5.74, 6) is 0.249. The zero-order valence-electron chi connectivity index (χ0n) is 14.9. The smallest absolute Gasteiger partial charge is 0.275 e. The molecule has 2 N–H and O–H groups in total. The van der Waals surface area contributed by atoms with Crippen molar-refractivity contribution in [2.75, 3.05) is 0 Å². The number of halogens is 3. The number of amides is 1. The van der Waals surface area contributed by atoms with Gasteiger partial charge in [0, 0.05) is 4.47 Å². The Hall–Kier alpha value is -1.66. The Kier molecular flexibility index (Phi) is 7.90. The van der Waals surface area contributed by atoms with Gasteiger partial charge in [-0.05, 0) is 92.7 Å². The second-order valence-electron chi connectivity index (χ2n) is 5.95. The van der Waals surface area contributed by atoms with Crippen LogP contribution < -0.4 is 10.2 Å². The Morgan fingerprint density at radius 1 is 1.10 bits per heavy atom. The molecule has 0 aliphatic rings. The summed E-state index contributed by atoms with van der Waals surface area (Å²) in [6, 6.07) is 18.2. The molecule has 0 saturated heterocycles. The fourth-order valence-electron chi connectivity index (χ4n) is 2.42. The largest absolute Gasteiger partial charge is 0.507 e. The van der Waals surface area contributed by atoms with Gasteiger partial charge in [0.25, 0.3) is 5.91 Å². The minimum atomic E-state index is -0.474. The van der Waals surface area contributed by atoms with Crippen molar-refractivity contribution in [2.24, 2.45) is 5.10 Å². The Labute approximate surface area is 204 Å². The first-order valence-corrected chi connectivity index (χ1v) is 11.4. The van der Waals surface area contributed by atoms with Crippen LogP contribution in [0.25, 0.3) is 0 Å². The number of phenolic OH excluding ortho intramolecular Hbond substituents is 1. The third-order valence-electron chi connectivity index (χ3n) is 3.85. The van der Waals surface area contributed by atoms with E-state index in [0.717, 1.165) is 28.5 Å². The first kappa shape index (κ1) is 22.0. The number of phenols is 1. The van der Waals surface area contributed by atoms with Crippen LogP contribution in [0.15, 0.2) is 70.2 Å². The average Bonchev–Trinajstić information content (AvgIpc) is 2.69. The van der Waals surface area contributed by atoms with E-state index in [9.17, 15) is 9.90 Å². The van der Waals surface area contributed by atoms with Crippen molar-refractivity contribution in [3.8, 4) is 11.5 Å². The van der Waals surface area contributed by atoms with Crippen LogP contribution in [-0.2, 0) is 6.61 Å². The van der Waals surface area contributed by atoms with E-state index in [1.54, 1.807) is 18.3 Å². The van der Waals surface area contributed by atoms with E-state index in [1.165, 1.54) is 12.1 Å². The predicted octanol–water partition coefficient (Wildman–Crippen LogP) is 5.71. The van der Waals surface area contributed by atoms with Gasteiger partial charge in [0.2, 0.25) is 0 Å². The van der Waals surface area contributed by atoms with Crippen molar-refractivity contribution < 1.29 is 14.6 Å². The number of para-hydroxylation sites is 1. The Balaban J connectivity index is 1.65. The molecule has 0 heterocycles. The van der Waals surface area contributed by atoms with E-state index in [4.69, 9.17) is 4.74 Å². The zero-order valence-corrected chi connectivity index (χ0v) is 20.8. The Morgan fingerprint density at radius 2 is 1.76 bits per heavy atom. The summed E-state index contributed by atoms with van der Waals surface area (Å²) in [4.78, 5) is 12.1. The van der Waals surface area contributed by atoms with Gasteiger partial charge in [0.05, 0.1) is 18.9 Å². The number of carbonyl (C=O) groups excluding carboxylic acids is 1. The predicted molar refractivity (Wildman–Crippen MR) is 134 cm³/mol. The van der Waals surface area contributed by atoms with Gasteiger partial charge in [-0.2, -0.15) is 5.10 Å². The quantitative estimate of drug-likeness (QED) is 0.200. The zero-order chi connectivity index (χ0) is 20.8. The number of hydrazone groups is 1. The molecule has 29 heavy (non-hydrogen) atoms. The van der Waals surface area contributed by atoms with Gasteiger partial charge in [-0.3, -0.25) is 4.79 Å². The first-order chi connectivity index (χ1) is 13.9. The van der Waals surface area contributed by atoms with E-state index < -0.39 is 5.91 Å². The molecule has 0 aliphatic heterocycles. The van der Waals surface area contributed by atoms with Crippen LogP contribution in [0.3, 0.4) is 0 Å². The third kappa shape index (κ3) is 6.16. The van der Waals surface area contributed by atoms with Gasteiger partial charge in [-0.1, -0.05) is 40.2 Å². The highest BCUT2D eigenvalue weighted by Crippen LogP contribution is 2.29. The number of nitrogens with zero attached hydrogens (tertiary/aromatic N) is 1. The van der Waals surface area contributed by atoms with Crippen molar-refractivity contribution in [1.82, 2.24) is 5.43 Å². The monoisotopic (exact) mass is 676 g/mol. The molecule has 3 aromatic carbocycles. The second-order valence-corrected chi connectivity index (χ2v) is 9.19. The maximum atomic E-state index is 12.1. The van der Waals surface area contributed by atoms with Crippen molar-refractivity contribution in [3.05, 3.63) is 89.0 Å². The lowest BCUT2D eigenvalue weighted by Gasteiger charge is -2.11. The van der Waals surface area contributed by atoms with Gasteiger partial charge in [-0.25, -0.2) is 5.43 Å². The highest BCUT2D eigenvalue weighted by atomic mass is 127.